The zero-order chi connectivity index (χ0) is 19.7. The van der Waals surface area contributed by atoms with Gasteiger partial charge in [0.25, 0.3) is 11.5 Å². The largest absolute Gasteiger partial charge is 0.336 e. The number of nitrogens with one attached hydrogen (secondary N) is 2. The second-order valence-corrected chi connectivity index (χ2v) is 7.75. The Bertz CT molecular complexity index is 978. The van der Waals surface area contributed by atoms with E-state index < -0.39 is 11.2 Å². The van der Waals surface area contributed by atoms with E-state index >= 15 is 0 Å². The first-order valence-corrected chi connectivity index (χ1v) is 9.47. The van der Waals surface area contributed by atoms with Crippen molar-refractivity contribution in [2.45, 2.75) is 40.2 Å². The zero-order valence-corrected chi connectivity index (χ0v) is 18.8. The molecule has 162 valence electrons. The number of fused-ring (bicyclic) bond motifs is 1. The maximum atomic E-state index is 13.2. The number of amides is 1. The van der Waals surface area contributed by atoms with E-state index in [-0.39, 0.29) is 47.9 Å². The Labute approximate surface area is 181 Å². The van der Waals surface area contributed by atoms with E-state index in [4.69, 9.17) is 0 Å². The summed E-state index contributed by atoms with van der Waals surface area (Å²) in [7, 11) is 0. The molecule has 2 aromatic rings. The number of rotatable bonds is 4. The van der Waals surface area contributed by atoms with E-state index in [0.29, 0.717) is 36.5 Å². The number of halogens is 2. The normalized spacial score (nSPS) is 14.1. The molecule has 2 N–H and O–H groups in total. The molecule has 29 heavy (non-hydrogen) atoms. The molecule has 0 aliphatic carbocycles. The first-order valence-electron chi connectivity index (χ1n) is 9.47. The number of aromatic amines is 1. The fourth-order valence-electron chi connectivity index (χ4n) is 3.33. The van der Waals surface area contributed by atoms with Crippen molar-refractivity contribution in [3.8, 4) is 0 Å². The monoisotopic (exact) mass is 445 g/mol. The van der Waals surface area contributed by atoms with Crippen LogP contribution >= 0.6 is 24.8 Å². The molecular weight excluding hydrogens is 417 g/mol. The molecule has 1 amide bonds. The van der Waals surface area contributed by atoms with Crippen molar-refractivity contribution in [2.24, 2.45) is 5.92 Å². The lowest BCUT2D eigenvalue weighted by Gasteiger charge is -2.28. The van der Waals surface area contributed by atoms with Gasteiger partial charge in [-0.2, -0.15) is 0 Å². The number of hydrogen-bond acceptors (Lipinski definition) is 5. The van der Waals surface area contributed by atoms with Crippen LogP contribution < -0.4 is 16.6 Å². The van der Waals surface area contributed by atoms with E-state index in [2.05, 4.69) is 15.3 Å². The first kappa shape index (κ1) is 25.1. The number of carbonyl (C=O) groups excluding carboxylic acids is 1. The van der Waals surface area contributed by atoms with Crippen LogP contribution in [0, 0.1) is 5.92 Å². The predicted molar refractivity (Wildman–Crippen MR) is 119 cm³/mol. The van der Waals surface area contributed by atoms with Crippen molar-refractivity contribution in [1.82, 2.24) is 24.8 Å². The number of carbonyl (C=O) groups is 1. The minimum Gasteiger partial charge on any atom is -0.336 e. The van der Waals surface area contributed by atoms with E-state index in [0.717, 1.165) is 13.1 Å². The lowest BCUT2D eigenvalue weighted by molar-refractivity contribution is 0.0737. The summed E-state index contributed by atoms with van der Waals surface area (Å²) >= 11 is 0. The number of piperazine rings is 1. The van der Waals surface area contributed by atoms with Crippen LogP contribution in [0.5, 0.6) is 0 Å². The average Bonchev–Trinajstić information content (AvgIpc) is 2.63. The molecule has 3 rings (SSSR count). The van der Waals surface area contributed by atoms with Crippen LogP contribution in [0.1, 0.15) is 49.7 Å². The summed E-state index contributed by atoms with van der Waals surface area (Å²) in [5.74, 6) is 0.0607. The summed E-state index contributed by atoms with van der Waals surface area (Å²) in [4.78, 5) is 46.9. The van der Waals surface area contributed by atoms with E-state index in [1.807, 2.05) is 27.7 Å². The van der Waals surface area contributed by atoms with Crippen molar-refractivity contribution in [2.75, 3.05) is 26.2 Å². The SMILES string of the molecule is CC(C)Cn1c(=O)[nH]c(=O)c2c(C(=O)N3CCNCC3)cc(C(C)C)nc21.Cl.Cl. The summed E-state index contributed by atoms with van der Waals surface area (Å²) in [5.41, 5.74) is 0.265. The van der Waals surface area contributed by atoms with Gasteiger partial charge in [0, 0.05) is 38.4 Å². The molecule has 0 aromatic carbocycles. The molecule has 0 spiro atoms. The van der Waals surface area contributed by atoms with Gasteiger partial charge in [0.05, 0.1) is 10.9 Å². The highest BCUT2D eigenvalue weighted by Gasteiger charge is 2.25. The molecule has 1 aliphatic heterocycles. The van der Waals surface area contributed by atoms with Gasteiger partial charge in [-0.15, -0.1) is 24.8 Å². The van der Waals surface area contributed by atoms with Gasteiger partial charge >= 0.3 is 5.69 Å². The van der Waals surface area contributed by atoms with E-state index in [9.17, 15) is 14.4 Å². The first-order chi connectivity index (χ1) is 12.8. The highest BCUT2D eigenvalue weighted by atomic mass is 35.5. The molecule has 1 fully saturated rings. The van der Waals surface area contributed by atoms with Crippen LogP contribution in [0.15, 0.2) is 15.7 Å². The molecule has 10 heteroatoms. The van der Waals surface area contributed by atoms with E-state index in [1.165, 1.54) is 4.57 Å². The Morgan fingerprint density at radius 2 is 1.76 bits per heavy atom. The third kappa shape index (κ3) is 5.18. The van der Waals surface area contributed by atoms with Crippen molar-refractivity contribution < 1.29 is 4.79 Å². The van der Waals surface area contributed by atoms with Crippen LogP contribution in [0.3, 0.4) is 0 Å². The Morgan fingerprint density at radius 3 is 2.31 bits per heavy atom. The minimum absolute atomic E-state index is 0. The van der Waals surface area contributed by atoms with Crippen molar-refractivity contribution in [1.29, 1.82) is 0 Å². The molecule has 0 saturated carbocycles. The van der Waals surface area contributed by atoms with Crippen LogP contribution in [-0.2, 0) is 6.54 Å². The average molecular weight is 446 g/mol. The summed E-state index contributed by atoms with van der Waals surface area (Å²) in [6, 6.07) is 1.71. The van der Waals surface area contributed by atoms with Gasteiger partial charge < -0.3 is 10.2 Å². The minimum atomic E-state index is -0.559. The van der Waals surface area contributed by atoms with Crippen LogP contribution in [0.25, 0.3) is 11.0 Å². The Morgan fingerprint density at radius 1 is 1.14 bits per heavy atom. The zero-order valence-electron chi connectivity index (χ0n) is 17.2. The Balaban J connectivity index is 0.00000210. The maximum absolute atomic E-state index is 13.2. The number of hydrogen-bond donors (Lipinski definition) is 2. The second-order valence-electron chi connectivity index (χ2n) is 7.75. The summed E-state index contributed by atoms with van der Waals surface area (Å²) in [5, 5.41) is 3.42. The standard InChI is InChI=1S/C19H27N5O3.2ClH/c1-11(2)10-24-16-15(17(25)22-19(24)27)13(9-14(21-16)12(3)4)18(26)23-7-5-20-6-8-23;;/h9,11-12,20H,5-8,10H2,1-4H3,(H,22,25,27);2*1H. The summed E-state index contributed by atoms with van der Waals surface area (Å²) < 4.78 is 1.47. The molecule has 0 atom stereocenters. The van der Waals surface area contributed by atoms with Gasteiger partial charge in [-0.1, -0.05) is 27.7 Å². The molecule has 1 aliphatic rings. The van der Waals surface area contributed by atoms with Gasteiger partial charge in [-0.05, 0) is 17.9 Å². The lowest BCUT2D eigenvalue weighted by Crippen LogP contribution is -2.46. The third-order valence-corrected chi connectivity index (χ3v) is 4.74. The Hall–Kier alpha value is -1.90. The topological polar surface area (TPSA) is 100 Å². The van der Waals surface area contributed by atoms with Gasteiger partial charge in [0.1, 0.15) is 0 Å². The number of nitrogens with zero attached hydrogens (tertiary/aromatic N) is 3. The maximum Gasteiger partial charge on any atom is 0.330 e. The predicted octanol–water partition coefficient (Wildman–Crippen LogP) is 1.75. The molecule has 0 bridgehead atoms. The Kier molecular flexibility index (Phi) is 8.86. The molecular formula is C19H29Cl2N5O3. The molecule has 2 aromatic heterocycles. The van der Waals surface area contributed by atoms with Gasteiger partial charge in [0.2, 0.25) is 0 Å². The quantitative estimate of drug-likeness (QED) is 0.746. The fourth-order valence-corrected chi connectivity index (χ4v) is 3.33. The molecule has 3 heterocycles. The number of H-pyrrole nitrogens is 1. The van der Waals surface area contributed by atoms with E-state index in [1.54, 1.807) is 11.0 Å². The number of pyridine rings is 1. The van der Waals surface area contributed by atoms with Crippen molar-refractivity contribution in [3.05, 3.63) is 38.2 Å². The molecule has 0 unspecified atom stereocenters. The molecule has 8 nitrogen and oxygen atoms in total. The van der Waals surface area contributed by atoms with Gasteiger partial charge in [-0.25, -0.2) is 9.78 Å². The lowest BCUT2D eigenvalue weighted by atomic mass is 10.0. The van der Waals surface area contributed by atoms with Gasteiger partial charge in [0.15, 0.2) is 5.65 Å². The van der Waals surface area contributed by atoms with Gasteiger partial charge in [-0.3, -0.25) is 19.1 Å². The second kappa shape index (κ2) is 10.2. The number of aromatic nitrogens is 3. The summed E-state index contributed by atoms with van der Waals surface area (Å²) in [6.07, 6.45) is 0. The van der Waals surface area contributed by atoms with Crippen LogP contribution in [-0.4, -0.2) is 51.5 Å². The highest BCUT2D eigenvalue weighted by Crippen LogP contribution is 2.21. The van der Waals surface area contributed by atoms with Crippen LogP contribution in [0.2, 0.25) is 0 Å². The molecule has 0 radical (unpaired) electrons. The van der Waals surface area contributed by atoms with Crippen molar-refractivity contribution >= 4 is 41.8 Å². The molecule has 1 saturated heterocycles. The highest BCUT2D eigenvalue weighted by molar-refractivity contribution is 6.05. The smallest absolute Gasteiger partial charge is 0.330 e. The fraction of sp³-hybridized carbons (Fsp3) is 0.579. The van der Waals surface area contributed by atoms with Crippen molar-refractivity contribution in [3.63, 3.8) is 0 Å². The summed E-state index contributed by atoms with van der Waals surface area (Å²) in [6.45, 7) is 11.0. The van der Waals surface area contributed by atoms with Crippen LogP contribution in [0.4, 0.5) is 0 Å². The third-order valence-electron chi connectivity index (χ3n) is 4.74.